The molecule has 1 aromatic carbocycles. The molecule has 0 bridgehead atoms. The Morgan fingerprint density at radius 2 is 2.00 bits per heavy atom. The topological polar surface area (TPSA) is 40.5 Å². The fraction of sp³-hybridized carbons (Fsp3) is 0.400. The molecule has 0 saturated carbocycles. The molecule has 4 heteroatoms. The van der Waals surface area contributed by atoms with Crippen LogP contribution >= 0.6 is 11.6 Å². The summed E-state index contributed by atoms with van der Waals surface area (Å²) in [5.74, 6) is -1.22. The standard InChI is InChI=1S/C10H12ClFO2/c1-10(2,5-13)7-3-6(11)4-8(12)9(7)14/h3-4,13-14H,5H2,1-2H3. The Hall–Kier alpha value is -0.800. The maximum Gasteiger partial charge on any atom is 0.166 e. The minimum Gasteiger partial charge on any atom is -0.505 e. The molecule has 0 radical (unpaired) electrons. The van der Waals surface area contributed by atoms with Crippen LogP contribution in [0.3, 0.4) is 0 Å². The Morgan fingerprint density at radius 3 is 2.50 bits per heavy atom. The molecule has 0 saturated heterocycles. The number of halogens is 2. The SMILES string of the molecule is CC(C)(CO)c1cc(Cl)cc(F)c1O. The predicted molar refractivity (Wildman–Crippen MR) is 53.2 cm³/mol. The van der Waals surface area contributed by atoms with Gasteiger partial charge in [0.1, 0.15) is 0 Å². The first-order valence-corrected chi connectivity index (χ1v) is 4.55. The normalized spacial score (nSPS) is 11.8. The van der Waals surface area contributed by atoms with E-state index in [1.807, 2.05) is 0 Å². The van der Waals surface area contributed by atoms with Crippen molar-refractivity contribution in [3.8, 4) is 5.75 Å². The molecule has 2 nitrogen and oxygen atoms in total. The zero-order chi connectivity index (χ0) is 10.9. The maximum atomic E-state index is 13.1. The highest BCUT2D eigenvalue weighted by Gasteiger charge is 2.25. The van der Waals surface area contributed by atoms with E-state index in [2.05, 4.69) is 0 Å². The molecule has 0 heterocycles. The van der Waals surface area contributed by atoms with E-state index < -0.39 is 17.0 Å². The summed E-state index contributed by atoms with van der Waals surface area (Å²) in [6, 6.07) is 2.49. The summed E-state index contributed by atoms with van der Waals surface area (Å²) in [7, 11) is 0. The number of rotatable bonds is 2. The lowest BCUT2D eigenvalue weighted by molar-refractivity contribution is 0.214. The van der Waals surface area contributed by atoms with Crippen molar-refractivity contribution in [3.63, 3.8) is 0 Å². The zero-order valence-electron chi connectivity index (χ0n) is 8.01. The Labute approximate surface area is 86.9 Å². The molecule has 0 atom stereocenters. The molecule has 0 aliphatic rings. The summed E-state index contributed by atoms with van der Waals surface area (Å²) in [5, 5.41) is 18.7. The fourth-order valence-electron chi connectivity index (χ4n) is 1.17. The third-order valence-corrected chi connectivity index (χ3v) is 2.37. The Bertz CT molecular complexity index is 350. The van der Waals surface area contributed by atoms with Crippen molar-refractivity contribution in [1.82, 2.24) is 0 Å². The van der Waals surface area contributed by atoms with Crippen molar-refractivity contribution in [3.05, 3.63) is 28.5 Å². The number of aliphatic hydroxyl groups is 1. The summed E-state index contributed by atoms with van der Waals surface area (Å²) < 4.78 is 13.1. The fourth-order valence-corrected chi connectivity index (χ4v) is 1.37. The van der Waals surface area contributed by atoms with E-state index in [1.54, 1.807) is 13.8 Å². The second-order valence-electron chi connectivity index (χ2n) is 3.83. The van der Waals surface area contributed by atoms with Crippen molar-refractivity contribution in [2.45, 2.75) is 19.3 Å². The molecular formula is C10H12ClFO2. The number of hydrogen-bond acceptors (Lipinski definition) is 2. The van der Waals surface area contributed by atoms with Crippen LogP contribution in [0, 0.1) is 5.82 Å². The lowest BCUT2D eigenvalue weighted by Crippen LogP contribution is -2.22. The van der Waals surface area contributed by atoms with Crippen LogP contribution in [0.25, 0.3) is 0 Å². The molecule has 1 aromatic rings. The van der Waals surface area contributed by atoms with Gasteiger partial charge in [-0.3, -0.25) is 0 Å². The van der Waals surface area contributed by atoms with Crippen molar-refractivity contribution in [2.75, 3.05) is 6.61 Å². The van der Waals surface area contributed by atoms with Gasteiger partial charge in [-0.05, 0) is 12.1 Å². The lowest BCUT2D eigenvalue weighted by Gasteiger charge is -2.23. The van der Waals surface area contributed by atoms with E-state index in [4.69, 9.17) is 16.7 Å². The maximum absolute atomic E-state index is 13.1. The minimum atomic E-state index is -0.769. The van der Waals surface area contributed by atoms with E-state index >= 15 is 0 Å². The number of benzene rings is 1. The Kier molecular flexibility index (Phi) is 3.02. The van der Waals surface area contributed by atoms with Crippen LogP contribution in [0.1, 0.15) is 19.4 Å². The molecular weight excluding hydrogens is 207 g/mol. The van der Waals surface area contributed by atoms with Crippen LogP contribution in [-0.4, -0.2) is 16.8 Å². The lowest BCUT2D eigenvalue weighted by atomic mass is 9.85. The summed E-state index contributed by atoms with van der Waals surface area (Å²) in [6.07, 6.45) is 0. The van der Waals surface area contributed by atoms with Crippen LogP contribution in [0.4, 0.5) is 4.39 Å². The first kappa shape index (κ1) is 11.3. The average Bonchev–Trinajstić information content (AvgIpc) is 2.11. The molecule has 0 fully saturated rings. The predicted octanol–water partition coefficient (Wildman–Crippen LogP) is 2.45. The zero-order valence-corrected chi connectivity index (χ0v) is 8.77. The molecule has 0 amide bonds. The van der Waals surface area contributed by atoms with Crippen LogP contribution in [0.2, 0.25) is 5.02 Å². The van der Waals surface area contributed by atoms with Crippen LogP contribution in [-0.2, 0) is 5.41 Å². The second kappa shape index (κ2) is 3.75. The van der Waals surface area contributed by atoms with Crippen LogP contribution in [0.15, 0.2) is 12.1 Å². The van der Waals surface area contributed by atoms with Crippen molar-refractivity contribution >= 4 is 11.6 Å². The number of phenolic OH excluding ortho intramolecular Hbond substituents is 1. The molecule has 0 spiro atoms. The quantitative estimate of drug-likeness (QED) is 0.801. The van der Waals surface area contributed by atoms with E-state index in [9.17, 15) is 9.50 Å². The highest BCUT2D eigenvalue weighted by molar-refractivity contribution is 6.30. The van der Waals surface area contributed by atoms with Gasteiger partial charge in [-0.15, -0.1) is 0 Å². The number of aliphatic hydroxyl groups excluding tert-OH is 1. The van der Waals surface area contributed by atoms with Gasteiger partial charge in [-0.2, -0.15) is 0 Å². The Balaban J connectivity index is 3.34. The van der Waals surface area contributed by atoms with Gasteiger partial charge in [0.25, 0.3) is 0 Å². The highest BCUT2D eigenvalue weighted by Crippen LogP contribution is 2.34. The number of aromatic hydroxyl groups is 1. The second-order valence-corrected chi connectivity index (χ2v) is 4.26. The molecule has 0 unspecified atom stereocenters. The van der Waals surface area contributed by atoms with Gasteiger partial charge in [0, 0.05) is 16.0 Å². The molecule has 1 rings (SSSR count). The molecule has 2 N–H and O–H groups in total. The van der Waals surface area contributed by atoms with Crippen LogP contribution < -0.4 is 0 Å². The average molecular weight is 219 g/mol. The van der Waals surface area contributed by atoms with E-state index in [-0.39, 0.29) is 11.6 Å². The van der Waals surface area contributed by atoms with Crippen molar-refractivity contribution in [1.29, 1.82) is 0 Å². The van der Waals surface area contributed by atoms with Gasteiger partial charge >= 0.3 is 0 Å². The number of phenols is 1. The summed E-state index contributed by atoms with van der Waals surface area (Å²) in [5.41, 5.74) is -0.402. The summed E-state index contributed by atoms with van der Waals surface area (Å²) >= 11 is 5.65. The van der Waals surface area contributed by atoms with E-state index in [1.165, 1.54) is 6.07 Å². The highest BCUT2D eigenvalue weighted by atomic mass is 35.5. The van der Waals surface area contributed by atoms with Crippen LogP contribution in [0.5, 0.6) is 5.75 Å². The first-order valence-electron chi connectivity index (χ1n) is 4.18. The number of hydrogen-bond donors (Lipinski definition) is 2. The van der Waals surface area contributed by atoms with Crippen molar-refractivity contribution < 1.29 is 14.6 Å². The molecule has 0 aromatic heterocycles. The Morgan fingerprint density at radius 1 is 1.43 bits per heavy atom. The van der Waals surface area contributed by atoms with E-state index in [0.717, 1.165) is 6.07 Å². The first-order chi connectivity index (χ1) is 6.38. The molecule has 14 heavy (non-hydrogen) atoms. The van der Waals surface area contributed by atoms with E-state index in [0.29, 0.717) is 5.56 Å². The van der Waals surface area contributed by atoms with Gasteiger partial charge in [0.15, 0.2) is 11.6 Å². The van der Waals surface area contributed by atoms with Gasteiger partial charge in [-0.1, -0.05) is 25.4 Å². The monoisotopic (exact) mass is 218 g/mol. The molecule has 0 aliphatic heterocycles. The van der Waals surface area contributed by atoms with Gasteiger partial charge in [-0.25, -0.2) is 4.39 Å². The smallest absolute Gasteiger partial charge is 0.166 e. The third-order valence-electron chi connectivity index (χ3n) is 2.15. The summed E-state index contributed by atoms with van der Waals surface area (Å²) in [4.78, 5) is 0. The molecule has 0 aliphatic carbocycles. The van der Waals surface area contributed by atoms with Gasteiger partial charge in [0.05, 0.1) is 6.61 Å². The van der Waals surface area contributed by atoms with Gasteiger partial charge < -0.3 is 10.2 Å². The molecule has 78 valence electrons. The summed E-state index contributed by atoms with van der Waals surface area (Å²) in [6.45, 7) is 3.19. The largest absolute Gasteiger partial charge is 0.505 e. The van der Waals surface area contributed by atoms with Crippen molar-refractivity contribution in [2.24, 2.45) is 0 Å². The minimum absolute atomic E-state index is 0.194. The third kappa shape index (κ3) is 1.99. The van der Waals surface area contributed by atoms with Gasteiger partial charge in [0.2, 0.25) is 0 Å².